The summed E-state index contributed by atoms with van der Waals surface area (Å²) in [6.45, 7) is 0.278. The summed E-state index contributed by atoms with van der Waals surface area (Å²) in [5.41, 5.74) is 2.85. The number of methoxy groups -OCH3 is 1. The smallest absolute Gasteiger partial charge is 0.162 e. The predicted octanol–water partition coefficient (Wildman–Crippen LogP) is 2.18. The minimum absolute atomic E-state index is 0.239. The summed E-state index contributed by atoms with van der Waals surface area (Å²) >= 11 is 0. The normalized spacial score (nSPS) is 30.4. The molecule has 0 aromatic heterocycles. The summed E-state index contributed by atoms with van der Waals surface area (Å²) in [6, 6.07) is 8.55. The first-order valence-corrected chi connectivity index (χ1v) is 5.92. The Bertz CT molecular complexity index is 424. The molecule has 3 rings (SSSR count). The van der Waals surface area contributed by atoms with Gasteiger partial charge in [0.1, 0.15) is 6.61 Å². The number of rotatable bonds is 3. The third kappa shape index (κ3) is 1.40. The quantitative estimate of drug-likeness (QED) is 0.774. The first-order chi connectivity index (χ1) is 7.83. The second-order valence-electron chi connectivity index (χ2n) is 4.85. The zero-order valence-electron chi connectivity index (χ0n) is 9.48. The molecule has 0 bridgehead atoms. The molecule has 84 valence electrons. The Labute approximate surface area is 95.6 Å². The Hall–Kier alpha value is -1.15. The van der Waals surface area contributed by atoms with Crippen LogP contribution >= 0.6 is 0 Å². The molecular weight excluding hydrogens is 200 g/mol. The highest BCUT2D eigenvalue weighted by Crippen LogP contribution is 2.60. The highest BCUT2D eigenvalue weighted by Gasteiger charge is 2.56. The van der Waals surface area contributed by atoms with Crippen LogP contribution in [0.1, 0.15) is 23.5 Å². The molecule has 2 heteroatoms. The molecule has 0 aliphatic heterocycles. The van der Waals surface area contributed by atoms with Gasteiger partial charge in [-0.1, -0.05) is 24.3 Å². The van der Waals surface area contributed by atoms with E-state index in [0.29, 0.717) is 11.8 Å². The molecule has 3 atom stereocenters. The van der Waals surface area contributed by atoms with Gasteiger partial charge in [-0.2, -0.15) is 0 Å². The van der Waals surface area contributed by atoms with Crippen LogP contribution in [0.25, 0.3) is 0 Å². The van der Waals surface area contributed by atoms with E-state index < -0.39 is 0 Å². The summed E-state index contributed by atoms with van der Waals surface area (Å²) < 4.78 is 4.95. The van der Waals surface area contributed by atoms with Crippen LogP contribution in [0.15, 0.2) is 24.3 Å². The van der Waals surface area contributed by atoms with Gasteiger partial charge in [0.2, 0.25) is 0 Å². The van der Waals surface area contributed by atoms with Crippen molar-refractivity contribution in [3.8, 4) is 0 Å². The van der Waals surface area contributed by atoms with E-state index in [9.17, 15) is 4.79 Å². The van der Waals surface area contributed by atoms with Crippen LogP contribution in [-0.4, -0.2) is 19.5 Å². The molecule has 0 heterocycles. The lowest BCUT2D eigenvalue weighted by molar-refractivity contribution is -0.124. The standard InChI is InChI=1S/C14H16O2/c1-16-8-12(15)14-11-7-6-9-4-2-3-5-10(9)13(11)14/h2-5,11,13-14H,6-8H2,1H3. The van der Waals surface area contributed by atoms with Crippen LogP contribution in [0.3, 0.4) is 0 Å². The number of carbonyl (C=O) groups is 1. The van der Waals surface area contributed by atoms with Gasteiger partial charge in [-0.25, -0.2) is 0 Å². The van der Waals surface area contributed by atoms with Crippen LogP contribution in [0.4, 0.5) is 0 Å². The number of Topliss-reactive ketones (excluding diaryl/α,β-unsaturated/α-hetero) is 1. The Morgan fingerprint density at radius 2 is 2.25 bits per heavy atom. The van der Waals surface area contributed by atoms with Gasteiger partial charge in [0.15, 0.2) is 5.78 Å². The van der Waals surface area contributed by atoms with Gasteiger partial charge in [0, 0.05) is 13.0 Å². The molecule has 0 spiro atoms. The Balaban J connectivity index is 1.85. The van der Waals surface area contributed by atoms with Crippen LogP contribution in [-0.2, 0) is 16.0 Å². The number of hydrogen-bond donors (Lipinski definition) is 0. The van der Waals surface area contributed by atoms with E-state index in [1.54, 1.807) is 7.11 Å². The van der Waals surface area contributed by atoms with Crippen LogP contribution in [0, 0.1) is 11.8 Å². The van der Waals surface area contributed by atoms with Gasteiger partial charge in [-0.05, 0) is 35.8 Å². The van der Waals surface area contributed by atoms with Gasteiger partial charge >= 0.3 is 0 Å². The van der Waals surface area contributed by atoms with Gasteiger partial charge in [0.25, 0.3) is 0 Å². The third-order valence-corrected chi connectivity index (χ3v) is 3.99. The van der Waals surface area contributed by atoms with E-state index >= 15 is 0 Å². The van der Waals surface area contributed by atoms with Crippen molar-refractivity contribution in [1.29, 1.82) is 0 Å². The van der Waals surface area contributed by atoms with E-state index in [4.69, 9.17) is 4.74 Å². The van der Waals surface area contributed by atoms with Crippen molar-refractivity contribution in [2.24, 2.45) is 11.8 Å². The summed E-state index contributed by atoms with van der Waals surface area (Å²) in [5, 5.41) is 0. The molecule has 3 unspecified atom stereocenters. The third-order valence-electron chi connectivity index (χ3n) is 3.99. The highest BCUT2D eigenvalue weighted by molar-refractivity contribution is 5.87. The van der Waals surface area contributed by atoms with Crippen molar-refractivity contribution < 1.29 is 9.53 Å². The summed E-state index contributed by atoms with van der Waals surface area (Å²) in [6.07, 6.45) is 2.30. The topological polar surface area (TPSA) is 26.3 Å². The average molecular weight is 216 g/mol. The van der Waals surface area contributed by atoms with Gasteiger partial charge in [0.05, 0.1) is 0 Å². The number of fused-ring (bicyclic) bond motifs is 3. The second-order valence-corrected chi connectivity index (χ2v) is 4.85. The van der Waals surface area contributed by atoms with Crippen molar-refractivity contribution in [3.63, 3.8) is 0 Å². The summed E-state index contributed by atoms with van der Waals surface area (Å²) in [4.78, 5) is 11.9. The van der Waals surface area contributed by atoms with Crippen molar-refractivity contribution >= 4 is 5.78 Å². The molecule has 1 fully saturated rings. The maximum absolute atomic E-state index is 11.9. The molecule has 0 N–H and O–H groups in total. The largest absolute Gasteiger partial charge is 0.377 e. The fraction of sp³-hybridized carbons (Fsp3) is 0.500. The lowest BCUT2D eigenvalue weighted by Gasteiger charge is -2.13. The van der Waals surface area contributed by atoms with Gasteiger partial charge < -0.3 is 4.74 Å². The van der Waals surface area contributed by atoms with Crippen molar-refractivity contribution in [2.45, 2.75) is 18.8 Å². The molecular formula is C14H16O2. The Morgan fingerprint density at radius 1 is 1.44 bits per heavy atom. The van der Waals surface area contributed by atoms with Gasteiger partial charge in [-0.3, -0.25) is 4.79 Å². The Kier molecular flexibility index (Phi) is 2.32. The zero-order chi connectivity index (χ0) is 11.1. The minimum atomic E-state index is 0.239. The first-order valence-electron chi connectivity index (χ1n) is 5.92. The average Bonchev–Trinajstić information content (AvgIpc) is 3.04. The molecule has 1 aromatic rings. The number of carbonyl (C=O) groups excluding carboxylic acids is 1. The monoisotopic (exact) mass is 216 g/mol. The van der Waals surface area contributed by atoms with Crippen molar-refractivity contribution in [2.75, 3.05) is 13.7 Å². The minimum Gasteiger partial charge on any atom is -0.377 e. The lowest BCUT2D eigenvalue weighted by Crippen LogP contribution is -2.10. The predicted molar refractivity (Wildman–Crippen MR) is 61.4 cm³/mol. The number of hydrogen-bond acceptors (Lipinski definition) is 2. The molecule has 16 heavy (non-hydrogen) atoms. The molecule has 0 saturated heterocycles. The maximum atomic E-state index is 11.9. The lowest BCUT2D eigenvalue weighted by atomic mass is 9.92. The molecule has 2 aliphatic carbocycles. The number of benzene rings is 1. The zero-order valence-corrected chi connectivity index (χ0v) is 9.48. The molecule has 1 saturated carbocycles. The van der Waals surface area contributed by atoms with Crippen molar-refractivity contribution in [1.82, 2.24) is 0 Å². The van der Waals surface area contributed by atoms with Gasteiger partial charge in [-0.15, -0.1) is 0 Å². The Morgan fingerprint density at radius 3 is 3.06 bits per heavy atom. The highest BCUT2D eigenvalue weighted by atomic mass is 16.5. The van der Waals surface area contributed by atoms with Crippen molar-refractivity contribution in [3.05, 3.63) is 35.4 Å². The fourth-order valence-corrected chi connectivity index (χ4v) is 3.24. The molecule has 2 nitrogen and oxygen atoms in total. The SMILES string of the molecule is COCC(=O)C1C2CCc3ccccc3C21. The van der Waals surface area contributed by atoms with E-state index in [2.05, 4.69) is 24.3 Å². The van der Waals surface area contributed by atoms with E-state index in [1.807, 2.05) is 0 Å². The second kappa shape index (κ2) is 3.70. The first kappa shape index (κ1) is 10.0. The summed E-state index contributed by atoms with van der Waals surface area (Å²) in [7, 11) is 1.60. The molecule has 0 radical (unpaired) electrons. The molecule has 1 aromatic carbocycles. The fourth-order valence-electron chi connectivity index (χ4n) is 3.24. The van der Waals surface area contributed by atoms with Crippen LogP contribution in [0.2, 0.25) is 0 Å². The molecule has 2 aliphatic rings. The number of aryl methyl sites for hydroxylation is 1. The maximum Gasteiger partial charge on any atom is 0.162 e. The molecule has 0 amide bonds. The van der Waals surface area contributed by atoms with E-state index in [-0.39, 0.29) is 18.3 Å². The van der Waals surface area contributed by atoms with E-state index in [0.717, 1.165) is 6.42 Å². The number of ether oxygens (including phenoxy) is 1. The summed E-state index contributed by atoms with van der Waals surface area (Å²) in [5.74, 6) is 1.61. The van der Waals surface area contributed by atoms with E-state index in [1.165, 1.54) is 17.5 Å². The van der Waals surface area contributed by atoms with Crippen LogP contribution in [0.5, 0.6) is 0 Å². The number of ketones is 1. The van der Waals surface area contributed by atoms with Crippen LogP contribution < -0.4 is 0 Å².